The number of para-hydroxylation sites is 1. The fraction of sp³-hybridized carbons (Fsp3) is 0.0208. The average Bonchev–Trinajstić information content (AvgIpc) is 3.65. The second-order valence-electron chi connectivity index (χ2n) is 13.1. The maximum Gasteiger partial charge on any atom is 0.145 e. The highest BCUT2D eigenvalue weighted by atomic mass is 15.1. The second-order valence-corrected chi connectivity index (χ2v) is 13.1. The van der Waals surface area contributed by atoms with Crippen LogP contribution in [0.3, 0.4) is 0 Å². The SMILES string of the molecule is N=C(/C=C(\N=C\c1ccccc1)c1ccc(-c2ccc(-c3nc4c5ccccc5c5c(c4n3-c3ccccc3)CNC=C5)cc2)cc1)c1ccccc1. The van der Waals surface area contributed by atoms with Crippen molar-refractivity contribution in [1.82, 2.24) is 14.9 Å². The molecule has 1 aliphatic rings. The zero-order chi connectivity index (χ0) is 35.6. The Kier molecular flexibility index (Phi) is 8.35. The predicted molar refractivity (Wildman–Crippen MR) is 221 cm³/mol. The van der Waals surface area contributed by atoms with E-state index < -0.39 is 0 Å². The molecule has 7 aromatic carbocycles. The maximum atomic E-state index is 8.79. The minimum Gasteiger partial charge on any atom is -0.387 e. The van der Waals surface area contributed by atoms with E-state index in [2.05, 4.69) is 119 Å². The minimum atomic E-state index is 0.410. The fourth-order valence-corrected chi connectivity index (χ4v) is 7.16. The fourth-order valence-electron chi connectivity index (χ4n) is 7.16. The molecule has 0 bridgehead atoms. The Bertz CT molecular complexity index is 2690. The molecule has 2 heterocycles. The number of hydrogen-bond acceptors (Lipinski definition) is 4. The molecule has 0 spiro atoms. The van der Waals surface area contributed by atoms with Gasteiger partial charge in [-0.05, 0) is 63.7 Å². The average molecular weight is 682 g/mol. The van der Waals surface area contributed by atoms with Gasteiger partial charge in [0.05, 0.1) is 22.4 Å². The standard InChI is InChI=1S/C48H35N5/c49-44(36-14-6-2-7-15-36)30-45(51-31-33-12-4-1-5-13-33)37-24-20-34(21-25-37)35-22-26-38(27-23-35)48-52-46-42-19-11-10-18-40(42)41-28-29-50-32-43(41)47(46)53(48)39-16-8-3-9-17-39/h1-31,49-50H,32H2/b45-30-,49-44?,51-31+. The summed E-state index contributed by atoms with van der Waals surface area (Å²) in [5.41, 5.74) is 12.9. The van der Waals surface area contributed by atoms with E-state index in [9.17, 15) is 0 Å². The van der Waals surface area contributed by atoms with Crippen molar-refractivity contribution in [1.29, 1.82) is 5.41 Å². The summed E-state index contributed by atoms with van der Waals surface area (Å²) in [5.74, 6) is 0.910. The van der Waals surface area contributed by atoms with Crippen molar-refractivity contribution >= 4 is 45.5 Å². The number of aliphatic imine (C=N–C) groups is 1. The molecule has 2 N–H and O–H groups in total. The third kappa shape index (κ3) is 6.15. The first-order chi connectivity index (χ1) is 26.2. The van der Waals surface area contributed by atoms with Crippen LogP contribution in [0.15, 0.2) is 181 Å². The van der Waals surface area contributed by atoms with Crippen LogP contribution in [0.1, 0.15) is 27.8 Å². The molecule has 0 saturated carbocycles. The lowest BCUT2D eigenvalue weighted by Gasteiger charge is -2.19. The second kappa shape index (κ2) is 13.9. The van der Waals surface area contributed by atoms with E-state index >= 15 is 0 Å². The molecular formula is C48H35N5. The molecule has 8 aromatic rings. The van der Waals surface area contributed by atoms with Crippen LogP contribution < -0.4 is 5.32 Å². The van der Waals surface area contributed by atoms with Crippen LogP contribution >= 0.6 is 0 Å². The van der Waals surface area contributed by atoms with Crippen molar-refractivity contribution in [3.63, 3.8) is 0 Å². The molecular weight excluding hydrogens is 647 g/mol. The summed E-state index contributed by atoms with van der Waals surface area (Å²) in [6.45, 7) is 0.738. The van der Waals surface area contributed by atoms with Crippen LogP contribution in [0.4, 0.5) is 0 Å². The van der Waals surface area contributed by atoms with Crippen molar-refractivity contribution < 1.29 is 0 Å². The van der Waals surface area contributed by atoms with E-state index in [0.717, 1.165) is 73.6 Å². The van der Waals surface area contributed by atoms with Crippen molar-refractivity contribution in [2.75, 3.05) is 0 Å². The van der Waals surface area contributed by atoms with Gasteiger partial charge in [-0.2, -0.15) is 0 Å². The van der Waals surface area contributed by atoms with E-state index in [1.165, 1.54) is 16.5 Å². The van der Waals surface area contributed by atoms with Gasteiger partial charge < -0.3 is 10.7 Å². The number of nitrogens with zero attached hydrogens (tertiary/aromatic N) is 3. The quantitative estimate of drug-likeness (QED) is 0.157. The van der Waals surface area contributed by atoms with Gasteiger partial charge in [0.15, 0.2) is 0 Å². The molecule has 9 rings (SSSR count). The van der Waals surface area contributed by atoms with Crippen LogP contribution in [0, 0.1) is 5.41 Å². The van der Waals surface area contributed by atoms with Gasteiger partial charge in [0.2, 0.25) is 0 Å². The van der Waals surface area contributed by atoms with Crippen LogP contribution in [0.5, 0.6) is 0 Å². The van der Waals surface area contributed by atoms with E-state index in [-0.39, 0.29) is 0 Å². The monoisotopic (exact) mass is 681 g/mol. The summed E-state index contributed by atoms with van der Waals surface area (Å²) in [6.07, 6.45) is 7.92. The zero-order valence-electron chi connectivity index (χ0n) is 28.9. The number of nitrogens with one attached hydrogen (secondary N) is 2. The molecule has 0 fully saturated rings. The Morgan fingerprint density at radius 1 is 0.642 bits per heavy atom. The summed E-state index contributed by atoms with van der Waals surface area (Å²) in [7, 11) is 0. The van der Waals surface area contributed by atoms with Crippen molar-refractivity contribution in [3.8, 4) is 28.2 Å². The lowest BCUT2D eigenvalue weighted by Crippen LogP contribution is -2.12. The number of hydrogen-bond donors (Lipinski definition) is 2. The summed E-state index contributed by atoms with van der Waals surface area (Å²) in [6, 6.07) is 56.0. The highest BCUT2D eigenvalue weighted by Crippen LogP contribution is 2.39. The predicted octanol–water partition coefficient (Wildman–Crippen LogP) is 11.1. The topological polar surface area (TPSA) is 66.1 Å². The van der Waals surface area contributed by atoms with Crippen LogP contribution in [-0.4, -0.2) is 21.5 Å². The Morgan fingerprint density at radius 3 is 1.96 bits per heavy atom. The summed E-state index contributed by atoms with van der Waals surface area (Å²) in [5, 5.41) is 14.6. The summed E-state index contributed by atoms with van der Waals surface area (Å²) >= 11 is 0. The summed E-state index contributed by atoms with van der Waals surface area (Å²) < 4.78 is 2.32. The number of aromatic nitrogens is 2. The maximum absolute atomic E-state index is 8.79. The number of benzene rings is 7. The molecule has 252 valence electrons. The van der Waals surface area contributed by atoms with Crippen LogP contribution in [-0.2, 0) is 6.54 Å². The largest absolute Gasteiger partial charge is 0.387 e. The smallest absolute Gasteiger partial charge is 0.145 e. The third-order valence-electron chi connectivity index (χ3n) is 9.80. The molecule has 0 saturated heterocycles. The highest BCUT2D eigenvalue weighted by Gasteiger charge is 2.23. The summed E-state index contributed by atoms with van der Waals surface area (Å²) in [4.78, 5) is 10.2. The molecule has 0 unspecified atom stereocenters. The number of rotatable bonds is 8. The molecule has 1 aromatic heterocycles. The first-order valence-electron chi connectivity index (χ1n) is 17.8. The molecule has 0 radical (unpaired) electrons. The number of allylic oxidation sites excluding steroid dienone is 1. The van der Waals surface area contributed by atoms with Gasteiger partial charge in [-0.15, -0.1) is 0 Å². The molecule has 5 nitrogen and oxygen atoms in total. The molecule has 0 aliphatic carbocycles. The van der Waals surface area contributed by atoms with E-state index in [0.29, 0.717) is 5.71 Å². The van der Waals surface area contributed by atoms with Crippen molar-refractivity contribution in [3.05, 3.63) is 204 Å². The molecule has 53 heavy (non-hydrogen) atoms. The van der Waals surface area contributed by atoms with Gasteiger partial charge in [-0.3, -0.25) is 9.56 Å². The lowest BCUT2D eigenvalue weighted by atomic mass is 9.95. The Hall–Kier alpha value is -7.11. The van der Waals surface area contributed by atoms with Crippen LogP contribution in [0.25, 0.3) is 61.8 Å². The number of imidazole rings is 1. The molecule has 5 heteroatoms. The van der Waals surface area contributed by atoms with Crippen molar-refractivity contribution in [2.24, 2.45) is 4.99 Å². The van der Waals surface area contributed by atoms with Gasteiger partial charge in [-0.25, -0.2) is 4.98 Å². The molecule has 1 aliphatic heterocycles. The normalized spacial score (nSPS) is 12.6. The third-order valence-corrected chi connectivity index (χ3v) is 9.80. The molecule has 0 atom stereocenters. The van der Waals surface area contributed by atoms with Gasteiger partial charge in [0.1, 0.15) is 5.82 Å². The molecule has 0 amide bonds. The van der Waals surface area contributed by atoms with Crippen molar-refractivity contribution in [2.45, 2.75) is 6.54 Å². The van der Waals surface area contributed by atoms with Gasteiger partial charge >= 0.3 is 0 Å². The van der Waals surface area contributed by atoms with Gasteiger partial charge in [0, 0.05) is 40.5 Å². The van der Waals surface area contributed by atoms with Crippen LogP contribution in [0.2, 0.25) is 0 Å². The number of fused-ring (bicyclic) bond motifs is 6. The minimum absolute atomic E-state index is 0.410. The van der Waals surface area contributed by atoms with E-state index in [1.807, 2.05) is 79.2 Å². The lowest BCUT2D eigenvalue weighted by molar-refractivity contribution is 0.862. The first-order valence-corrected chi connectivity index (χ1v) is 17.8. The van der Waals surface area contributed by atoms with Gasteiger partial charge in [-0.1, -0.05) is 152 Å². The highest BCUT2D eigenvalue weighted by molar-refractivity contribution is 6.12. The zero-order valence-corrected chi connectivity index (χ0v) is 28.9. The Balaban J connectivity index is 1.09. The van der Waals surface area contributed by atoms with E-state index in [4.69, 9.17) is 15.4 Å². The van der Waals surface area contributed by atoms with E-state index in [1.54, 1.807) is 0 Å². The first kappa shape index (κ1) is 31.8. The Labute approximate surface area is 308 Å². The Morgan fingerprint density at radius 2 is 1.25 bits per heavy atom. The van der Waals surface area contributed by atoms with Gasteiger partial charge in [0.25, 0.3) is 0 Å².